The minimum absolute atomic E-state index is 0.0690. The van der Waals surface area contributed by atoms with Crippen LogP contribution in [0.15, 0.2) is 78.9 Å². The molecule has 4 rings (SSSR count). The van der Waals surface area contributed by atoms with Crippen molar-refractivity contribution in [3.05, 3.63) is 90.0 Å². The molecule has 2 amide bonds. The van der Waals surface area contributed by atoms with Crippen molar-refractivity contribution in [2.45, 2.75) is 18.9 Å². The average Bonchev–Trinajstić information content (AvgIpc) is 2.99. The maximum Gasteiger partial charge on any atom is 0.411 e. The second-order valence-corrected chi connectivity index (χ2v) is 9.71. The lowest BCUT2D eigenvalue weighted by Crippen LogP contribution is -2.42. The summed E-state index contributed by atoms with van der Waals surface area (Å²) in [7, 11) is 0. The number of ether oxygens (including phenoxy) is 1. The third-order valence-electron chi connectivity index (χ3n) is 6.82. The van der Waals surface area contributed by atoms with E-state index in [2.05, 4.69) is 20.9 Å². The number of rotatable bonds is 12. The normalized spacial score (nSPS) is 13.9. The lowest BCUT2D eigenvalue weighted by atomic mass is 10.0. The molecule has 0 unspecified atom stereocenters. The fraction of sp³-hybridized carbons (Fsp3) is 0.323. The second kappa shape index (κ2) is 14.9. The molecule has 210 valence electrons. The van der Waals surface area contributed by atoms with Gasteiger partial charge in [-0.3, -0.25) is 14.9 Å². The van der Waals surface area contributed by atoms with E-state index in [1.54, 1.807) is 24.3 Å². The van der Waals surface area contributed by atoms with E-state index in [0.717, 1.165) is 49.3 Å². The number of benzene rings is 3. The smallest absolute Gasteiger partial charge is 0.411 e. The molecule has 40 heavy (non-hydrogen) atoms. The Labute approximate surface area is 235 Å². The van der Waals surface area contributed by atoms with E-state index < -0.39 is 6.09 Å². The van der Waals surface area contributed by atoms with Crippen molar-refractivity contribution in [2.24, 2.45) is 5.73 Å². The fourth-order valence-corrected chi connectivity index (χ4v) is 4.67. The number of anilines is 1. The number of carbonyl (C=O) groups is 3. The maximum atomic E-state index is 12.6. The van der Waals surface area contributed by atoms with Crippen molar-refractivity contribution in [3.8, 4) is 11.1 Å². The van der Waals surface area contributed by atoms with Crippen LogP contribution in [0.2, 0.25) is 0 Å². The van der Waals surface area contributed by atoms with Crippen molar-refractivity contribution in [1.29, 1.82) is 0 Å². The molecule has 0 aliphatic carbocycles. The number of hydrogen-bond donors (Lipinski definition) is 4. The Morgan fingerprint density at radius 2 is 1.60 bits per heavy atom. The van der Waals surface area contributed by atoms with Gasteiger partial charge >= 0.3 is 6.09 Å². The first kappa shape index (κ1) is 28.9. The van der Waals surface area contributed by atoms with E-state index in [1.807, 2.05) is 54.6 Å². The lowest BCUT2D eigenvalue weighted by molar-refractivity contribution is 0.0593. The molecule has 1 fully saturated rings. The van der Waals surface area contributed by atoms with E-state index >= 15 is 0 Å². The largest absolute Gasteiger partial charge is 0.446 e. The Hall–Kier alpha value is -4.05. The van der Waals surface area contributed by atoms with E-state index in [-0.39, 0.29) is 24.3 Å². The predicted molar refractivity (Wildman–Crippen MR) is 156 cm³/mol. The predicted octanol–water partition coefficient (Wildman–Crippen LogP) is 3.53. The van der Waals surface area contributed by atoms with Crippen LogP contribution in [0.1, 0.15) is 33.6 Å². The van der Waals surface area contributed by atoms with E-state index in [1.165, 1.54) is 0 Å². The Morgan fingerprint density at radius 3 is 2.38 bits per heavy atom. The zero-order chi connectivity index (χ0) is 28.2. The van der Waals surface area contributed by atoms with Crippen molar-refractivity contribution in [2.75, 3.05) is 51.1 Å². The number of Topliss-reactive ketones (excluding diaryl/α,β-unsaturated/α-hetero) is 1. The summed E-state index contributed by atoms with van der Waals surface area (Å²) in [5, 5.41) is 8.82. The van der Waals surface area contributed by atoms with Gasteiger partial charge in [0.1, 0.15) is 6.10 Å². The summed E-state index contributed by atoms with van der Waals surface area (Å²) >= 11 is 0. The molecule has 3 aromatic carbocycles. The lowest BCUT2D eigenvalue weighted by Gasteiger charge is -2.31. The molecule has 1 saturated heterocycles. The number of likely N-dealkylation sites (tertiary alicyclic amines) is 1. The van der Waals surface area contributed by atoms with Gasteiger partial charge in [0.25, 0.3) is 5.91 Å². The number of amides is 2. The van der Waals surface area contributed by atoms with Gasteiger partial charge in [-0.05, 0) is 36.6 Å². The molecule has 0 spiro atoms. The van der Waals surface area contributed by atoms with E-state index in [0.29, 0.717) is 30.8 Å². The van der Waals surface area contributed by atoms with Gasteiger partial charge in [0, 0.05) is 56.0 Å². The van der Waals surface area contributed by atoms with E-state index in [4.69, 9.17) is 10.5 Å². The molecule has 3 aromatic rings. The van der Waals surface area contributed by atoms with Gasteiger partial charge < -0.3 is 26.0 Å². The van der Waals surface area contributed by atoms with Crippen molar-refractivity contribution < 1.29 is 19.1 Å². The van der Waals surface area contributed by atoms with Crippen LogP contribution in [0.25, 0.3) is 11.1 Å². The highest BCUT2D eigenvalue weighted by Gasteiger charge is 2.22. The minimum Gasteiger partial charge on any atom is -0.446 e. The molecule has 1 aliphatic heterocycles. The highest BCUT2D eigenvalue weighted by molar-refractivity contribution is 6.01. The van der Waals surface area contributed by atoms with Gasteiger partial charge in [-0.15, -0.1) is 0 Å². The summed E-state index contributed by atoms with van der Waals surface area (Å²) in [6, 6.07) is 24.3. The van der Waals surface area contributed by atoms with Crippen molar-refractivity contribution in [3.63, 3.8) is 0 Å². The molecule has 9 heteroatoms. The number of nitrogens with one attached hydrogen (secondary N) is 3. The van der Waals surface area contributed by atoms with Gasteiger partial charge in [-0.25, -0.2) is 4.79 Å². The quantitative estimate of drug-likeness (QED) is 0.203. The van der Waals surface area contributed by atoms with Gasteiger partial charge in [0.05, 0.1) is 12.2 Å². The van der Waals surface area contributed by atoms with Crippen LogP contribution in [-0.2, 0) is 4.74 Å². The molecule has 0 radical (unpaired) electrons. The number of nitrogens with two attached hydrogens (primary N) is 1. The third kappa shape index (κ3) is 8.47. The van der Waals surface area contributed by atoms with Gasteiger partial charge in [0.2, 0.25) is 0 Å². The Morgan fingerprint density at radius 1 is 0.875 bits per heavy atom. The molecule has 5 N–H and O–H groups in total. The van der Waals surface area contributed by atoms with Crippen LogP contribution in [0.4, 0.5) is 10.5 Å². The molecule has 1 aliphatic rings. The molecule has 0 bridgehead atoms. The molecule has 1 heterocycles. The SMILES string of the molecule is NCCNC(=O)c1cccc(C(=O)CNCCN2CCC(OC(=O)Nc3ccccc3-c3ccccc3)CC2)c1. The monoisotopic (exact) mass is 543 g/mol. The molecule has 0 aromatic heterocycles. The van der Waals surface area contributed by atoms with Crippen LogP contribution in [0, 0.1) is 0 Å². The van der Waals surface area contributed by atoms with Gasteiger partial charge in [0.15, 0.2) is 5.78 Å². The molecule has 0 atom stereocenters. The van der Waals surface area contributed by atoms with Gasteiger partial charge in [-0.1, -0.05) is 60.7 Å². The van der Waals surface area contributed by atoms with E-state index in [9.17, 15) is 14.4 Å². The number of para-hydroxylation sites is 1. The average molecular weight is 544 g/mol. The number of hydrogen-bond acceptors (Lipinski definition) is 7. The third-order valence-corrected chi connectivity index (χ3v) is 6.82. The summed E-state index contributed by atoms with van der Waals surface area (Å²) in [5.74, 6) is -0.310. The zero-order valence-electron chi connectivity index (χ0n) is 22.6. The minimum atomic E-state index is -0.442. The number of piperidine rings is 1. The highest BCUT2D eigenvalue weighted by atomic mass is 16.6. The molecular formula is C31H37N5O4. The van der Waals surface area contributed by atoms with Crippen LogP contribution in [0.5, 0.6) is 0 Å². The second-order valence-electron chi connectivity index (χ2n) is 9.71. The van der Waals surface area contributed by atoms with Crippen molar-refractivity contribution in [1.82, 2.24) is 15.5 Å². The van der Waals surface area contributed by atoms with Crippen LogP contribution in [-0.4, -0.2) is 74.6 Å². The first-order valence-electron chi connectivity index (χ1n) is 13.7. The number of nitrogens with zero attached hydrogens (tertiary/aromatic N) is 1. The summed E-state index contributed by atoms with van der Waals surface area (Å²) in [6.45, 7) is 4.01. The molecular weight excluding hydrogens is 506 g/mol. The summed E-state index contributed by atoms with van der Waals surface area (Å²) in [4.78, 5) is 39.6. The standard InChI is InChI=1S/C31H37N5O4/c32-15-16-34-30(38)25-10-6-9-24(21-25)29(37)22-33-17-20-36-18-13-26(14-19-36)40-31(39)35-28-12-5-4-11-27(28)23-7-2-1-3-8-23/h1-12,21,26,33H,13-20,22,32H2,(H,34,38)(H,35,39). The summed E-state index contributed by atoms with van der Waals surface area (Å²) in [5.41, 5.74) is 9.06. The Kier molecular flexibility index (Phi) is 10.8. The topological polar surface area (TPSA) is 126 Å². The summed E-state index contributed by atoms with van der Waals surface area (Å²) < 4.78 is 5.72. The molecule has 0 saturated carbocycles. The fourth-order valence-electron chi connectivity index (χ4n) is 4.67. The maximum absolute atomic E-state index is 12.6. The first-order chi connectivity index (χ1) is 19.5. The first-order valence-corrected chi connectivity index (χ1v) is 13.7. The summed E-state index contributed by atoms with van der Waals surface area (Å²) in [6.07, 6.45) is 0.934. The Bertz CT molecular complexity index is 1280. The number of carbonyl (C=O) groups excluding carboxylic acids is 3. The van der Waals surface area contributed by atoms with Crippen molar-refractivity contribution >= 4 is 23.5 Å². The number of ketones is 1. The Balaban J connectivity index is 1.15. The van der Waals surface area contributed by atoms with Crippen LogP contribution < -0.4 is 21.7 Å². The highest BCUT2D eigenvalue weighted by Crippen LogP contribution is 2.28. The van der Waals surface area contributed by atoms with Crippen LogP contribution >= 0.6 is 0 Å². The van der Waals surface area contributed by atoms with Crippen LogP contribution in [0.3, 0.4) is 0 Å². The molecule has 9 nitrogen and oxygen atoms in total. The zero-order valence-corrected chi connectivity index (χ0v) is 22.6. The van der Waals surface area contributed by atoms with Gasteiger partial charge in [-0.2, -0.15) is 0 Å².